The second-order valence-corrected chi connectivity index (χ2v) is 6.08. The van der Waals surface area contributed by atoms with Crippen molar-refractivity contribution in [3.8, 4) is 0 Å². The van der Waals surface area contributed by atoms with Crippen molar-refractivity contribution in [3.63, 3.8) is 0 Å². The first-order valence-electron chi connectivity index (χ1n) is 6.98. The summed E-state index contributed by atoms with van der Waals surface area (Å²) in [5.41, 5.74) is 0.795. The summed E-state index contributed by atoms with van der Waals surface area (Å²) in [5, 5.41) is 0. The first-order chi connectivity index (χ1) is 9.93. The highest BCUT2D eigenvalue weighted by molar-refractivity contribution is 5.82. The number of nitrogens with zero attached hydrogens (tertiary/aromatic N) is 1. The zero-order valence-electron chi connectivity index (χ0n) is 12.7. The molecule has 1 amide bonds. The monoisotopic (exact) mass is 291 g/mol. The summed E-state index contributed by atoms with van der Waals surface area (Å²) in [5.74, 6) is -0.391. The molecule has 2 rings (SSSR count). The van der Waals surface area contributed by atoms with Crippen LogP contribution in [0.5, 0.6) is 0 Å². The summed E-state index contributed by atoms with van der Waals surface area (Å²) in [6.45, 7) is 4.73. The third-order valence-corrected chi connectivity index (χ3v) is 3.63. The second-order valence-electron chi connectivity index (χ2n) is 6.08. The molecule has 1 aromatic carbocycles. The summed E-state index contributed by atoms with van der Waals surface area (Å²) < 4.78 is 10.1. The number of methoxy groups -OCH3 is 1. The molecular formula is C16H21NO4. The first kappa shape index (κ1) is 15.4. The highest BCUT2D eigenvalue weighted by atomic mass is 16.6. The van der Waals surface area contributed by atoms with Gasteiger partial charge in [-0.2, -0.15) is 0 Å². The van der Waals surface area contributed by atoms with Crippen LogP contribution in [0.1, 0.15) is 25.8 Å². The van der Waals surface area contributed by atoms with Crippen LogP contribution in [0.3, 0.4) is 0 Å². The van der Waals surface area contributed by atoms with Crippen LogP contribution in [0.25, 0.3) is 0 Å². The van der Waals surface area contributed by atoms with Gasteiger partial charge >= 0.3 is 12.1 Å². The minimum atomic E-state index is -0.562. The smallest absolute Gasteiger partial charge is 0.410 e. The van der Waals surface area contributed by atoms with E-state index in [0.29, 0.717) is 13.0 Å². The minimum absolute atomic E-state index is 0.120. The van der Waals surface area contributed by atoms with Crippen molar-refractivity contribution in [2.24, 2.45) is 5.41 Å². The number of amides is 1. The van der Waals surface area contributed by atoms with Crippen LogP contribution in [0, 0.1) is 5.41 Å². The van der Waals surface area contributed by atoms with E-state index >= 15 is 0 Å². The molecule has 21 heavy (non-hydrogen) atoms. The van der Waals surface area contributed by atoms with Crippen molar-refractivity contribution < 1.29 is 19.1 Å². The number of carbonyl (C=O) groups excluding carboxylic acids is 2. The van der Waals surface area contributed by atoms with E-state index in [4.69, 9.17) is 9.47 Å². The molecule has 1 fully saturated rings. The lowest BCUT2D eigenvalue weighted by Gasteiger charge is -2.22. The molecule has 1 aromatic rings. The minimum Gasteiger partial charge on any atom is -0.467 e. The predicted octanol–water partition coefficient (Wildman–Crippen LogP) is 2.60. The lowest BCUT2D eigenvalue weighted by atomic mass is 9.91. The van der Waals surface area contributed by atoms with Crippen molar-refractivity contribution in [2.75, 3.05) is 13.7 Å². The number of carbonyl (C=O) groups is 2. The summed E-state index contributed by atoms with van der Waals surface area (Å²) in [6, 6.07) is 8.89. The molecule has 0 spiro atoms. The Hall–Kier alpha value is -2.04. The Morgan fingerprint density at radius 3 is 2.57 bits per heavy atom. The summed E-state index contributed by atoms with van der Waals surface area (Å²) in [7, 11) is 1.33. The van der Waals surface area contributed by atoms with Gasteiger partial charge in [0.25, 0.3) is 0 Å². The topological polar surface area (TPSA) is 55.8 Å². The molecule has 0 aliphatic carbocycles. The largest absolute Gasteiger partial charge is 0.467 e. The van der Waals surface area contributed by atoms with Gasteiger partial charge in [-0.3, -0.25) is 4.90 Å². The molecule has 5 heteroatoms. The van der Waals surface area contributed by atoms with Crippen LogP contribution in [0.4, 0.5) is 4.79 Å². The van der Waals surface area contributed by atoms with Gasteiger partial charge in [0.15, 0.2) is 0 Å². The Bertz CT molecular complexity index is 512. The molecule has 1 aliphatic rings. The number of benzene rings is 1. The van der Waals surface area contributed by atoms with Crippen molar-refractivity contribution in [2.45, 2.75) is 32.9 Å². The van der Waals surface area contributed by atoms with Crippen molar-refractivity contribution in [1.82, 2.24) is 4.90 Å². The Balaban J connectivity index is 2.01. The van der Waals surface area contributed by atoms with Crippen LogP contribution in [0.2, 0.25) is 0 Å². The summed E-state index contributed by atoms with van der Waals surface area (Å²) >= 11 is 0. The van der Waals surface area contributed by atoms with E-state index in [9.17, 15) is 9.59 Å². The Morgan fingerprint density at radius 2 is 1.95 bits per heavy atom. The van der Waals surface area contributed by atoms with Gasteiger partial charge in [0.1, 0.15) is 12.6 Å². The van der Waals surface area contributed by atoms with Gasteiger partial charge in [-0.25, -0.2) is 9.59 Å². The van der Waals surface area contributed by atoms with Gasteiger partial charge in [0.05, 0.1) is 7.11 Å². The molecule has 0 N–H and O–H groups in total. The molecule has 1 heterocycles. The molecule has 114 valence electrons. The van der Waals surface area contributed by atoms with Crippen LogP contribution < -0.4 is 0 Å². The third kappa shape index (κ3) is 3.74. The van der Waals surface area contributed by atoms with E-state index in [1.807, 2.05) is 44.2 Å². The van der Waals surface area contributed by atoms with E-state index in [1.165, 1.54) is 12.0 Å². The van der Waals surface area contributed by atoms with Crippen LogP contribution in [0.15, 0.2) is 30.3 Å². The average molecular weight is 291 g/mol. The van der Waals surface area contributed by atoms with Crippen molar-refractivity contribution >= 4 is 12.1 Å². The molecule has 0 bridgehead atoms. The molecule has 1 aliphatic heterocycles. The molecule has 5 nitrogen and oxygen atoms in total. The van der Waals surface area contributed by atoms with Gasteiger partial charge in [-0.15, -0.1) is 0 Å². The van der Waals surface area contributed by atoms with Crippen molar-refractivity contribution in [1.29, 1.82) is 0 Å². The number of esters is 1. The fourth-order valence-electron chi connectivity index (χ4n) is 2.61. The number of rotatable bonds is 3. The van der Waals surface area contributed by atoms with Crippen LogP contribution >= 0.6 is 0 Å². The number of likely N-dealkylation sites (tertiary alicyclic amines) is 1. The maximum absolute atomic E-state index is 12.2. The molecule has 0 radical (unpaired) electrons. The zero-order chi connectivity index (χ0) is 15.5. The standard InChI is InChI=1S/C16H21NO4/c1-16(2)9-13(14(18)20-3)17(11-16)15(19)21-10-12-7-5-4-6-8-12/h4-8,13H,9-11H2,1-3H3. The summed E-state index contributed by atoms with van der Waals surface area (Å²) in [4.78, 5) is 25.5. The maximum atomic E-state index is 12.2. The number of hydrogen-bond acceptors (Lipinski definition) is 4. The Morgan fingerprint density at radius 1 is 1.29 bits per heavy atom. The van der Waals surface area contributed by atoms with Gasteiger partial charge in [0.2, 0.25) is 0 Å². The first-order valence-corrected chi connectivity index (χ1v) is 6.98. The fourth-order valence-corrected chi connectivity index (χ4v) is 2.61. The Labute approximate surface area is 124 Å². The highest BCUT2D eigenvalue weighted by Crippen LogP contribution is 2.34. The molecular weight excluding hydrogens is 270 g/mol. The number of hydrogen-bond donors (Lipinski definition) is 0. The van der Waals surface area contributed by atoms with Crippen molar-refractivity contribution in [3.05, 3.63) is 35.9 Å². The maximum Gasteiger partial charge on any atom is 0.410 e. The van der Waals surface area contributed by atoms with E-state index in [-0.39, 0.29) is 12.0 Å². The van der Waals surface area contributed by atoms with Crippen LogP contribution in [-0.4, -0.2) is 36.7 Å². The lowest BCUT2D eigenvalue weighted by Crippen LogP contribution is -2.41. The SMILES string of the molecule is COC(=O)C1CC(C)(C)CN1C(=O)OCc1ccccc1. The fraction of sp³-hybridized carbons (Fsp3) is 0.500. The highest BCUT2D eigenvalue weighted by Gasteiger charge is 2.45. The quantitative estimate of drug-likeness (QED) is 0.803. The van der Waals surface area contributed by atoms with Gasteiger partial charge < -0.3 is 9.47 Å². The van der Waals surface area contributed by atoms with Gasteiger partial charge in [-0.05, 0) is 17.4 Å². The average Bonchev–Trinajstić information content (AvgIpc) is 2.81. The summed E-state index contributed by atoms with van der Waals surface area (Å²) in [6.07, 6.45) is 0.111. The predicted molar refractivity (Wildman–Crippen MR) is 77.5 cm³/mol. The number of ether oxygens (including phenoxy) is 2. The van der Waals surface area contributed by atoms with E-state index < -0.39 is 18.1 Å². The Kier molecular flexibility index (Phi) is 4.50. The van der Waals surface area contributed by atoms with E-state index in [0.717, 1.165) is 5.56 Å². The molecule has 1 saturated heterocycles. The second kappa shape index (κ2) is 6.16. The molecule has 0 aromatic heterocycles. The van der Waals surface area contributed by atoms with E-state index in [1.54, 1.807) is 0 Å². The van der Waals surface area contributed by atoms with Crippen LogP contribution in [-0.2, 0) is 20.9 Å². The molecule has 1 unspecified atom stereocenters. The molecule has 0 saturated carbocycles. The third-order valence-electron chi connectivity index (χ3n) is 3.63. The normalized spacial score (nSPS) is 20.1. The lowest BCUT2D eigenvalue weighted by molar-refractivity contribution is -0.145. The molecule has 1 atom stereocenters. The van der Waals surface area contributed by atoms with Gasteiger partial charge in [0, 0.05) is 6.54 Å². The van der Waals surface area contributed by atoms with Gasteiger partial charge in [-0.1, -0.05) is 44.2 Å². The zero-order valence-corrected chi connectivity index (χ0v) is 12.7. The van der Waals surface area contributed by atoms with E-state index in [2.05, 4.69) is 0 Å².